The third-order valence-electron chi connectivity index (χ3n) is 7.22. The number of nitro groups is 1. The van der Waals surface area contributed by atoms with Crippen molar-refractivity contribution in [3.63, 3.8) is 0 Å². The van der Waals surface area contributed by atoms with Gasteiger partial charge in [-0.15, -0.1) is 11.8 Å². The number of amides is 2. The van der Waals surface area contributed by atoms with Crippen molar-refractivity contribution in [3.05, 3.63) is 148 Å². The van der Waals surface area contributed by atoms with Gasteiger partial charge in [0.1, 0.15) is 12.6 Å². The summed E-state index contributed by atoms with van der Waals surface area (Å²) in [6, 6.07) is 35.6. The van der Waals surface area contributed by atoms with E-state index in [2.05, 4.69) is 36.4 Å². The fourth-order valence-corrected chi connectivity index (χ4v) is 7.10. The summed E-state index contributed by atoms with van der Waals surface area (Å²) in [5, 5.41) is 10.8. The normalized spacial score (nSPS) is 16.7. The first-order valence-corrected chi connectivity index (χ1v) is 14.1. The summed E-state index contributed by atoms with van der Waals surface area (Å²) >= 11 is 1.70. The van der Waals surface area contributed by atoms with Crippen molar-refractivity contribution >= 4 is 29.4 Å². The van der Waals surface area contributed by atoms with Gasteiger partial charge in [0, 0.05) is 23.9 Å². The summed E-state index contributed by atoms with van der Waals surface area (Å²) < 4.78 is 4.91. The number of nitrogens with zero attached hydrogens (tertiary/aromatic N) is 2. The van der Waals surface area contributed by atoms with Crippen LogP contribution in [-0.2, 0) is 20.9 Å². The van der Waals surface area contributed by atoms with Gasteiger partial charge in [-0.3, -0.25) is 19.8 Å². The molecule has 0 bridgehead atoms. The second-order valence-electron chi connectivity index (χ2n) is 9.80. The lowest BCUT2D eigenvalue weighted by atomic mass is 9.84. The topological polar surface area (TPSA) is 116 Å². The molecule has 0 spiro atoms. The third-order valence-corrected chi connectivity index (χ3v) is 8.96. The number of primary amides is 1. The van der Waals surface area contributed by atoms with E-state index in [1.807, 2.05) is 54.6 Å². The molecule has 208 valence electrons. The first kappa shape index (κ1) is 27.9. The Morgan fingerprint density at radius 1 is 0.854 bits per heavy atom. The van der Waals surface area contributed by atoms with Gasteiger partial charge in [-0.1, -0.05) is 91.0 Å². The first-order valence-electron chi connectivity index (χ1n) is 13.2. The Hall–Kier alpha value is -4.63. The van der Waals surface area contributed by atoms with Crippen LogP contribution in [0.3, 0.4) is 0 Å². The van der Waals surface area contributed by atoms with Gasteiger partial charge in [0.15, 0.2) is 0 Å². The van der Waals surface area contributed by atoms with Crippen LogP contribution in [0.15, 0.2) is 115 Å². The maximum Gasteiger partial charge on any atom is 0.410 e. The molecule has 4 aromatic carbocycles. The van der Waals surface area contributed by atoms with Crippen LogP contribution < -0.4 is 5.73 Å². The van der Waals surface area contributed by atoms with E-state index in [0.717, 1.165) is 16.7 Å². The molecule has 1 aliphatic heterocycles. The van der Waals surface area contributed by atoms with Crippen LogP contribution in [0.5, 0.6) is 0 Å². The Morgan fingerprint density at radius 3 is 1.78 bits per heavy atom. The van der Waals surface area contributed by atoms with Crippen LogP contribution in [-0.4, -0.2) is 39.7 Å². The fourth-order valence-electron chi connectivity index (χ4n) is 5.27. The molecule has 0 unspecified atom stereocenters. The lowest BCUT2D eigenvalue weighted by Gasteiger charge is -2.37. The summed E-state index contributed by atoms with van der Waals surface area (Å²) in [4.78, 5) is 37.6. The molecule has 1 fully saturated rings. The van der Waals surface area contributed by atoms with Crippen molar-refractivity contribution in [1.82, 2.24) is 4.90 Å². The summed E-state index contributed by atoms with van der Waals surface area (Å²) in [5.41, 5.74) is 9.57. The largest absolute Gasteiger partial charge is 0.445 e. The predicted molar refractivity (Wildman–Crippen MR) is 158 cm³/mol. The van der Waals surface area contributed by atoms with E-state index in [-0.39, 0.29) is 24.1 Å². The van der Waals surface area contributed by atoms with Crippen LogP contribution in [0, 0.1) is 10.1 Å². The molecule has 9 heteroatoms. The Morgan fingerprint density at radius 2 is 1.34 bits per heavy atom. The molecule has 1 aliphatic rings. The summed E-state index contributed by atoms with van der Waals surface area (Å²) in [5.74, 6) is -0.592. The highest BCUT2D eigenvalue weighted by Crippen LogP contribution is 2.52. The zero-order valence-electron chi connectivity index (χ0n) is 22.2. The molecular weight excluding hydrogens is 538 g/mol. The average Bonchev–Trinajstić information content (AvgIpc) is 3.44. The number of hydrogen-bond acceptors (Lipinski definition) is 6. The maximum atomic E-state index is 13.2. The second-order valence-corrected chi connectivity index (χ2v) is 11.3. The molecule has 0 aromatic heterocycles. The van der Waals surface area contributed by atoms with E-state index >= 15 is 0 Å². The molecule has 2 amide bonds. The number of hydrogen-bond donors (Lipinski definition) is 1. The minimum absolute atomic E-state index is 0.0491. The van der Waals surface area contributed by atoms with Gasteiger partial charge in [0.2, 0.25) is 5.91 Å². The summed E-state index contributed by atoms with van der Waals surface area (Å²) in [6.07, 6.45) is -0.277. The zero-order valence-corrected chi connectivity index (χ0v) is 23.0. The lowest BCUT2D eigenvalue weighted by Crippen LogP contribution is -2.43. The van der Waals surface area contributed by atoms with E-state index in [0.29, 0.717) is 12.0 Å². The number of nitro benzene ring substituents is 1. The van der Waals surface area contributed by atoms with Gasteiger partial charge in [-0.2, -0.15) is 0 Å². The molecule has 5 rings (SSSR count). The van der Waals surface area contributed by atoms with E-state index in [9.17, 15) is 19.7 Å². The van der Waals surface area contributed by atoms with Crippen LogP contribution in [0.2, 0.25) is 0 Å². The average molecular weight is 568 g/mol. The SMILES string of the molecule is NC(=O)[C@@H]1C[C@H](SC(c2ccccc2)(c2ccccc2)c2ccccc2)CN1C(=O)OCc1ccc([N+](=O)[O-])cc1. The molecule has 4 aromatic rings. The molecule has 2 atom stereocenters. The van der Waals surface area contributed by atoms with Gasteiger partial charge in [-0.05, 0) is 40.8 Å². The lowest BCUT2D eigenvalue weighted by molar-refractivity contribution is -0.384. The highest BCUT2D eigenvalue weighted by atomic mass is 32.2. The van der Waals surface area contributed by atoms with Gasteiger partial charge in [0.25, 0.3) is 5.69 Å². The summed E-state index contributed by atoms with van der Waals surface area (Å²) in [6.45, 7) is 0.185. The predicted octanol–water partition coefficient (Wildman–Crippen LogP) is 5.88. The molecule has 0 radical (unpaired) electrons. The van der Waals surface area contributed by atoms with Crippen molar-refractivity contribution in [1.29, 1.82) is 0 Å². The fraction of sp³-hybridized carbons (Fsp3) is 0.188. The highest BCUT2D eigenvalue weighted by molar-refractivity contribution is 8.01. The van der Waals surface area contributed by atoms with Crippen LogP contribution in [0.25, 0.3) is 0 Å². The number of likely N-dealkylation sites (tertiary alicyclic amines) is 1. The van der Waals surface area contributed by atoms with Gasteiger partial charge < -0.3 is 10.5 Å². The molecule has 0 aliphatic carbocycles. The number of non-ortho nitro benzene ring substituents is 1. The third kappa shape index (κ3) is 5.95. The van der Waals surface area contributed by atoms with E-state index < -0.39 is 27.7 Å². The number of thioether (sulfide) groups is 1. The quantitative estimate of drug-likeness (QED) is 0.153. The van der Waals surface area contributed by atoms with Crippen molar-refractivity contribution in [2.75, 3.05) is 6.54 Å². The number of benzene rings is 4. The smallest absolute Gasteiger partial charge is 0.410 e. The number of rotatable bonds is 9. The van der Waals surface area contributed by atoms with Crippen molar-refractivity contribution < 1.29 is 19.2 Å². The molecular formula is C32H29N3O5S. The Kier molecular flexibility index (Phi) is 8.35. The first-order chi connectivity index (χ1) is 19.9. The maximum absolute atomic E-state index is 13.2. The number of carbonyl (C=O) groups is 2. The molecule has 1 saturated heterocycles. The minimum atomic E-state index is -0.822. The van der Waals surface area contributed by atoms with Crippen LogP contribution in [0.1, 0.15) is 28.7 Å². The number of nitrogens with two attached hydrogens (primary N) is 1. The van der Waals surface area contributed by atoms with Crippen LogP contribution >= 0.6 is 11.8 Å². The standard InChI is InChI=1S/C32H29N3O5S/c33-30(36)29-20-28(21-34(29)31(37)40-22-23-16-18-27(19-17-23)35(38)39)41-32(24-10-4-1-5-11-24,25-12-6-2-7-13-25)26-14-8-3-9-15-26/h1-19,28-29H,20-22H2,(H2,33,36)/t28-,29-/m0/s1. The van der Waals surface area contributed by atoms with E-state index in [1.165, 1.54) is 29.2 Å². The van der Waals surface area contributed by atoms with E-state index in [1.54, 1.807) is 11.8 Å². The highest BCUT2D eigenvalue weighted by Gasteiger charge is 2.46. The molecule has 2 N–H and O–H groups in total. The molecule has 1 heterocycles. The number of carbonyl (C=O) groups excluding carboxylic acids is 2. The second kappa shape index (κ2) is 12.3. The monoisotopic (exact) mass is 567 g/mol. The Balaban J connectivity index is 1.43. The van der Waals surface area contributed by atoms with Crippen molar-refractivity contribution in [2.24, 2.45) is 5.73 Å². The van der Waals surface area contributed by atoms with Gasteiger partial charge in [0.05, 0.1) is 9.67 Å². The Labute approximate surface area is 242 Å². The summed E-state index contributed by atoms with van der Waals surface area (Å²) in [7, 11) is 0. The van der Waals surface area contributed by atoms with Crippen molar-refractivity contribution in [2.45, 2.75) is 29.1 Å². The molecule has 8 nitrogen and oxygen atoms in total. The molecule has 0 saturated carbocycles. The van der Waals surface area contributed by atoms with Gasteiger partial charge in [-0.25, -0.2) is 4.79 Å². The Bertz CT molecular complexity index is 1400. The van der Waals surface area contributed by atoms with E-state index in [4.69, 9.17) is 10.5 Å². The van der Waals surface area contributed by atoms with Crippen LogP contribution in [0.4, 0.5) is 10.5 Å². The minimum Gasteiger partial charge on any atom is -0.445 e. The molecule has 41 heavy (non-hydrogen) atoms. The zero-order chi connectivity index (χ0) is 28.8. The number of ether oxygens (including phenoxy) is 1. The van der Waals surface area contributed by atoms with Crippen molar-refractivity contribution in [3.8, 4) is 0 Å². The van der Waals surface area contributed by atoms with Gasteiger partial charge >= 0.3 is 6.09 Å².